The van der Waals surface area contributed by atoms with Crippen LogP contribution in [0.5, 0.6) is 0 Å². The highest BCUT2D eigenvalue weighted by atomic mass is 32.1. The van der Waals surface area contributed by atoms with Gasteiger partial charge in [-0.3, -0.25) is 0 Å². The van der Waals surface area contributed by atoms with Crippen LogP contribution in [0.1, 0.15) is 39.5 Å². The molecule has 0 aromatic heterocycles. The van der Waals surface area contributed by atoms with Crippen molar-refractivity contribution in [3.63, 3.8) is 0 Å². The molecule has 0 aromatic carbocycles. The highest BCUT2D eigenvalue weighted by molar-refractivity contribution is 7.79. The lowest BCUT2D eigenvalue weighted by molar-refractivity contribution is 0.607. The zero-order chi connectivity index (χ0) is 7.11. The maximum atomic E-state index is 4.67. The second-order valence-corrected chi connectivity index (χ2v) is 2.75. The first-order chi connectivity index (χ1) is 4.31. The van der Waals surface area contributed by atoms with Crippen molar-refractivity contribution in [3.8, 4) is 0 Å². The second-order valence-electron chi connectivity index (χ2n) is 2.51. The Hall–Kier alpha value is 0.0900. The summed E-state index contributed by atoms with van der Waals surface area (Å²) in [5, 5.41) is 2.81. The van der Waals surface area contributed by atoms with Crippen LogP contribution in [0.15, 0.2) is 0 Å². The molecule has 0 rings (SSSR count). The third-order valence-electron chi connectivity index (χ3n) is 1.44. The Labute approximate surface area is 63.7 Å². The average molecular weight is 143 g/mol. The topological polar surface area (TPSA) is 0 Å². The van der Waals surface area contributed by atoms with Crippen molar-refractivity contribution in [2.24, 2.45) is 5.92 Å². The lowest BCUT2D eigenvalue weighted by Crippen LogP contribution is -1.92. The predicted molar refractivity (Wildman–Crippen MR) is 45.9 cm³/mol. The highest BCUT2D eigenvalue weighted by Gasteiger charge is 1.95. The van der Waals surface area contributed by atoms with E-state index in [1.807, 2.05) is 0 Å². The molecular weight excluding hydrogens is 128 g/mol. The molecule has 0 aliphatic heterocycles. The third kappa shape index (κ3) is 5.97. The summed E-state index contributed by atoms with van der Waals surface area (Å²) in [5.74, 6) is 0.520. The molecule has 0 N–H and O–H groups in total. The van der Waals surface area contributed by atoms with Gasteiger partial charge in [0.15, 0.2) is 0 Å². The van der Waals surface area contributed by atoms with E-state index in [0.29, 0.717) is 5.92 Å². The van der Waals surface area contributed by atoms with E-state index in [4.69, 9.17) is 0 Å². The van der Waals surface area contributed by atoms with E-state index in [0.717, 1.165) is 0 Å². The van der Waals surface area contributed by atoms with Crippen molar-refractivity contribution < 1.29 is 0 Å². The molecule has 0 fully saturated rings. The van der Waals surface area contributed by atoms with E-state index in [1.165, 1.54) is 25.7 Å². The van der Waals surface area contributed by atoms with E-state index >= 15 is 0 Å². The van der Waals surface area contributed by atoms with Crippen LogP contribution in [0.3, 0.4) is 0 Å². The fourth-order valence-corrected chi connectivity index (χ4v) is 0.877. The quantitative estimate of drug-likeness (QED) is 0.421. The molecule has 1 radical (unpaired) electrons. The number of thiocarbonyl (C=S) groups is 1. The molecule has 53 valence electrons. The summed E-state index contributed by atoms with van der Waals surface area (Å²) in [4.78, 5) is 0. The SMILES string of the molecule is CCCCCC(C)[C]=S. The van der Waals surface area contributed by atoms with Crippen LogP contribution >= 0.6 is 12.2 Å². The minimum absolute atomic E-state index is 0.520. The number of hydrogen-bond donors (Lipinski definition) is 0. The van der Waals surface area contributed by atoms with Gasteiger partial charge < -0.3 is 0 Å². The smallest absolute Gasteiger partial charge is 0.0322 e. The van der Waals surface area contributed by atoms with Crippen molar-refractivity contribution in [2.45, 2.75) is 39.5 Å². The molecule has 0 aliphatic carbocycles. The number of hydrogen-bond acceptors (Lipinski definition) is 1. The average Bonchev–Trinajstić information content (AvgIpc) is 1.89. The minimum Gasteiger partial charge on any atom is -0.0834 e. The molecule has 1 atom stereocenters. The molecule has 0 saturated heterocycles. The maximum absolute atomic E-state index is 4.67. The van der Waals surface area contributed by atoms with Crippen molar-refractivity contribution >= 4 is 17.6 Å². The first kappa shape index (κ1) is 9.09. The first-order valence-electron chi connectivity index (χ1n) is 3.69. The molecule has 1 unspecified atom stereocenters. The summed E-state index contributed by atoms with van der Waals surface area (Å²) in [6.07, 6.45) is 5.16. The van der Waals surface area contributed by atoms with Gasteiger partial charge in [-0.1, -0.05) is 45.3 Å². The molecule has 0 spiro atoms. The van der Waals surface area contributed by atoms with E-state index in [-0.39, 0.29) is 0 Å². The van der Waals surface area contributed by atoms with Crippen molar-refractivity contribution in [1.82, 2.24) is 0 Å². The zero-order valence-corrected chi connectivity index (χ0v) is 7.13. The molecule has 0 nitrogen and oxygen atoms in total. The van der Waals surface area contributed by atoms with Gasteiger partial charge in [0.05, 0.1) is 0 Å². The van der Waals surface area contributed by atoms with Crippen LogP contribution < -0.4 is 0 Å². The van der Waals surface area contributed by atoms with Crippen LogP contribution in [0.2, 0.25) is 0 Å². The Morgan fingerprint density at radius 1 is 1.44 bits per heavy atom. The summed E-state index contributed by atoms with van der Waals surface area (Å²) in [6, 6.07) is 0. The lowest BCUT2D eigenvalue weighted by Gasteiger charge is -2.00. The van der Waals surface area contributed by atoms with Gasteiger partial charge in [-0.25, -0.2) is 0 Å². The fourth-order valence-electron chi connectivity index (χ4n) is 0.759. The van der Waals surface area contributed by atoms with Crippen LogP contribution in [-0.2, 0) is 0 Å². The molecule has 0 heterocycles. The van der Waals surface area contributed by atoms with E-state index in [9.17, 15) is 0 Å². The van der Waals surface area contributed by atoms with Gasteiger partial charge in [-0.15, -0.1) is 0 Å². The van der Waals surface area contributed by atoms with Crippen LogP contribution in [0.25, 0.3) is 0 Å². The molecule has 1 heteroatoms. The normalized spacial score (nSPS) is 13.1. The molecule has 0 aliphatic rings. The van der Waals surface area contributed by atoms with E-state index < -0.39 is 0 Å². The Bertz CT molecular complexity index is 69.0. The van der Waals surface area contributed by atoms with Crippen molar-refractivity contribution in [2.75, 3.05) is 0 Å². The fraction of sp³-hybridized carbons (Fsp3) is 0.875. The summed E-state index contributed by atoms with van der Waals surface area (Å²) >= 11 is 4.67. The Morgan fingerprint density at radius 3 is 2.56 bits per heavy atom. The Morgan fingerprint density at radius 2 is 2.11 bits per heavy atom. The molecule has 0 bridgehead atoms. The highest BCUT2D eigenvalue weighted by Crippen LogP contribution is 2.06. The maximum Gasteiger partial charge on any atom is 0.0322 e. The van der Waals surface area contributed by atoms with Gasteiger partial charge in [-0.2, -0.15) is 0 Å². The van der Waals surface area contributed by atoms with Gasteiger partial charge in [0.25, 0.3) is 0 Å². The molecule has 0 amide bonds. The van der Waals surface area contributed by atoms with Crippen LogP contribution in [-0.4, -0.2) is 5.37 Å². The largest absolute Gasteiger partial charge is 0.0834 e. The third-order valence-corrected chi connectivity index (χ3v) is 1.84. The lowest BCUT2D eigenvalue weighted by atomic mass is 10.1. The predicted octanol–water partition coefficient (Wildman–Crippen LogP) is 3.08. The number of unbranched alkanes of at least 4 members (excludes halogenated alkanes) is 2. The van der Waals surface area contributed by atoms with Gasteiger partial charge >= 0.3 is 0 Å². The van der Waals surface area contributed by atoms with Crippen molar-refractivity contribution in [3.05, 3.63) is 0 Å². The zero-order valence-electron chi connectivity index (χ0n) is 6.31. The van der Waals surface area contributed by atoms with Gasteiger partial charge in [0, 0.05) is 5.37 Å². The standard InChI is InChI=1S/C8H15S/c1-3-4-5-6-8(2)7-9/h8H,3-6H2,1-2H3. The molecule has 0 saturated carbocycles. The Kier molecular flexibility index (Phi) is 6.28. The summed E-state index contributed by atoms with van der Waals surface area (Å²) in [7, 11) is 0. The monoisotopic (exact) mass is 143 g/mol. The van der Waals surface area contributed by atoms with Crippen LogP contribution in [0.4, 0.5) is 0 Å². The van der Waals surface area contributed by atoms with E-state index in [1.54, 1.807) is 0 Å². The number of rotatable bonds is 5. The molecule has 9 heavy (non-hydrogen) atoms. The summed E-state index contributed by atoms with van der Waals surface area (Å²) in [5.41, 5.74) is 0. The van der Waals surface area contributed by atoms with Crippen molar-refractivity contribution in [1.29, 1.82) is 0 Å². The van der Waals surface area contributed by atoms with Gasteiger partial charge in [0.1, 0.15) is 0 Å². The minimum atomic E-state index is 0.520. The summed E-state index contributed by atoms with van der Waals surface area (Å²) in [6.45, 7) is 4.34. The Balaban J connectivity index is 2.96. The van der Waals surface area contributed by atoms with Crippen LogP contribution in [0, 0.1) is 5.92 Å². The molecular formula is C8H15S. The second kappa shape index (κ2) is 6.21. The van der Waals surface area contributed by atoms with Gasteiger partial charge in [-0.05, 0) is 12.3 Å². The van der Waals surface area contributed by atoms with Gasteiger partial charge in [0.2, 0.25) is 0 Å². The summed E-state index contributed by atoms with van der Waals surface area (Å²) < 4.78 is 0. The molecule has 0 aromatic rings. The van der Waals surface area contributed by atoms with E-state index in [2.05, 4.69) is 31.4 Å². The first-order valence-corrected chi connectivity index (χ1v) is 4.09.